The van der Waals surface area contributed by atoms with Crippen molar-refractivity contribution >= 4 is 39.9 Å². The lowest BCUT2D eigenvalue weighted by atomic mass is 10.1. The fraction of sp³-hybridized carbons (Fsp3) is 0.231. The number of carbonyl (C=O) groups excluding carboxylic acids is 1. The molecule has 2 heterocycles. The minimum atomic E-state index is -2.40. The van der Waals surface area contributed by atoms with E-state index in [4.69, 9.17) is 4.98 Å². The van der Waals surface area contributed by atoms with E-state index in [0.717, 1.165) is 23.2 Å². The standard InChI is InChI=1S/C26H25F3N6O2S2/c1-14(2)25-34-22(23(38-25)20-9-10-31-26(33-20)32-12-11-30-15(3)36)16-7-8-17(27)21(13-16)35-39(37)24-18(28)5-4-6-19(24)29/h4-10,13-14,35H,11-12H2,1-3H3,(H,30,36)(H,31,32,33). The molecule has 0 aliphatic heterocycles. The lowest BCUT2D eigenvalue weighted by molar-refractivity contribution is -0.118. The second-order valence-corrected chi connectivity index (χ2v) is 10.9. The van der Waals surface area contributed by atoms with Crippen LogP contribution in [-0.2, 0) is 15.8 Å². The van der Waals surface area contributed by atoms with Gasteiger partial charge in [-0.15, -0.1) is 11.3 Å². The Morgan fingerprint density at radius 3 is 2.46 bits per heavy atom. The highest BCUT2D eigenvalue weighted by Crippen LogP contribution is 2.39. The molecule has 1 atom stereocenters. The molecule has 0 bridgehead atoms. The number of hydrogen-bond acceptors (Lipinski definition) is 7. The van der Waals surface area contributed by atoms with Crippen LogP contribution in [0, 0.1) is 17.5 Å². The zero-order chi connectivity index (χ0) is 28.1. The predicted octanol–water partition coefficient (Wildman–Crippen LogP) is 5.49. The zero-order valence-electron chi connectivity index (χ0n) is 21.2. The molecule has 0 fully saturated rings. The summed E-state index contributed by atoms with van der Waals surface area (Å²) in [5, 5.41) is 6.55. The van der Waals surface area contributed by atoms with E-state index in [1.165, 1.54) is 36.5 Å². The van der Waals surface area contributed by atoms with Crippen LogP contribution in [0.25, 0.3) is 21.8 Å². The summed E-state index contributed by atoms with van der Waals surface area (Å²) < 4.78 is 58.1. The van der Waals surface area contributed by atoms with Crippen LogP contribution in [0.1, 0.15) is 31.7 Å². The Morgan fingerprint density at radius 2 is 1.77 bits per heavy atom. The molecule has 0 spiro atoms. The van der Waals surface area contributed by atoms with Crippen molar-refractivity contribution in [2.45, 2.75) is 31.6 Å². The molecule has 2 aromatic heterocycles. The lowest BCUT2D eigenvalue weighted by Crippen LogP contribution is -2.26. The Labute approximate surface area is 229 Å². The number of rotatable bonds is 10. The van der Waals surface area contributed by atoms with Crippen LogP contribution < -0.4 is 15.4 Å². The minimum Gasteiger partial charge on any atom is -0.355 e. The van der Waals surface area contributed by atoms with E-state index in [9.17, 15) is 22.2 Å². The van der Waals surface area contributed by atoms with Gasteiger partial charge in [-0.25, -0.2) is 32.3 Å². The van der Waals surface area contributed by atoms with Crippen LogP contribution in [-0.4, -0.2) is 38.2 Å². The summed E-state index contributed by atoms with van der Waals surface area (Å²) in [6.45, 7) is 6.23. The number of carbonyl (C=O) groups is 1. The Morgan fingerprint density at radius 1 is 1.03 bits per heavy atom. The number of aromatic nitrogens is 3. The SMILES string of the molecule is CC(=O)NCCNc1nccc(-c2sc(C(C)C)nc2-c2ccc(F)c(NS(=O)c3c(F)cccc3F)c2)n1. The Kier molecular flexibility index (Phi) is 8.92. The van der Waals surface area contributed by atoms with Crippen LogP contribution in [0.15, 0.2) is 53.6 Å². The summed E-state index contributed by atoms with van der Waals surface area (Å²) in [7, 11) is -2.40. The van der Waals surface area contributed by atoms with E-state index in [0.29, 0.717) is 40.9 Å². The van der Waals surface area contributed by atoms with Crippen molar-refractivity contribution in [3.63, 3.8) is 0 Å². The summed E-state index contributed by atoms with van der Waals surface area (Å²) in [5.41, 5.74) is 1.36. The fourth-order valence-electron chi connectivity index (χ4n) is 3.50. The van der Waals surface area contributed by atoms with Gasteiger partial charge in [-0.3, -0.25) is 9.52 Å². The molecule has 39 heavy (non-hydrogen) atoms. The van der Waals surface area contributed by atoms with Gasteiger partial charge in [0.25, 0.3) is 0 Å². The van der Waals surface area contributed by atoms with E-state index in [2.05, 4.69) is 25.3 Å². The number of nitrogens with one attached hydrogen (secondary N) is 3. The van der Waals surface area contributed by atoms with Crippen molar-refractivity contribution in [2.75, 3.05) is 23.1 Å². The number of halogens is 3. The third kappa shape index (κ3) is 6.79. The maximum Gasteiger partial charge on any atom is 0.223 e. The Balaban J connectivity index is 1.68. The average molecular weight is 575 g/mol. The number of anilines is 2. The van der Waals surface area contributed by atoms with E-state index < -0.39 is 33.3 Å². The third-order valence-electron chi connectivity index (χ3n) is 5.35. The first-order valence-corrected chi connectivity index (χ1v) is 13.9. The number of nitrogens with zero attached hydrogens (tertiary/aromatic N) is 3. The quantitative estimate of drug-likeness (QED) is 0.216. The largest absolute Gasteiger partial charge is 0.355 e. The Bertz CT molecular complexity index is 1510. The van der Waals surface area contributed by atoms with Crippen molar-refractivity contribution in [2.24, 2.45) is 0 Å². The van der Waals surface area contributed by atoms with Crippen LogP contribution in [0.2, 0.25) is 0 Å². The maximum absolute atomic E-state index is 14.7. The lowest BCUT2D eigenvalue weighted by Gasteiger charge is -2.11. The first-order valence-electron chi connectivity index (χ1n) is 11.9. The van der Waals surface area contributed by atoms with Gasteiger partial charge in [-0.2, -0.15) is 0 Å². The van der Waals surface area contributed by atoms with E-state index in [1.807, 2.05) is 13.8 Å². The molecule has 204 valence electrons. The first kappa shape index (κ1) is 28.2. The van der Waals surface area contributed by atoms with Gasteiger partial charge in [0, 0.05) is 37.7 Å². The molecule has 0 saturated carbocycles. The normalized spacial score (nSPS) is 11.9. The molecule has 0 saturated heterocycles. The number of benzene rings is 2. The summed E-state index contributed by atoms with van der Waals surface area (Å²) in [6, 6.07) is 8.90. The van der Waals surface area contributed by atoms with E-state index >= 15 is 0 Å². The van der Waals surface area contributed by atoms with Gasteiger partial charge in [0.05, 0.1) is 27.0 Å². The second-order valence-electron chi connectivity index (χ2n) is 8.68. The average Bonchev–Trinajstić information content (AvgIpc) is 3.34. The second kappa shape index (κ2) is 12.3. The summed E-state index contributed by atoms with van der Waals surface area (Å²) in [5.74, 6) is -2.46. The molecule has 0 aliphatic rings. The zero-order valence-corrected chi connectivity index (χ0v) is 22.9. The van der Waals surface area contributed by atoms with Crippen LogP contribution in [0.5, 0.6) is 0 Å². The van der Waals surface area contributed by atoms with Gasteiger partial charge < -0.3 is 10.6 Å². The number of hydrogen-bond donors (Lipinski definition) is 3. The highest BCUT2D eigenvalue weighted by atomic mass is 32.2. The Hall–Kier alpha value is -3.84. The molecule has 0 radical (unpaired) electrons. The molecule has 4 aromatic rings. The summed E-state index contributed by atoms with van der Waals surface area (Å²) >= 11 is 1.42. The van der Waals surface area contributed by atoms with Crippen LogP contribution in [0.3, 0.4) is 0 Å². The molecule has 1 unspecified atom stereocenters. The van der Waals surface area contributed by atoms with Gasteiger partial charge >= 0.3 is 0 Å². The van der Waals surface area contributed by atoms with Crippen LogP contribution in [0.4, 0.5) is 24.8 Å². The van der Waals surface area contributed by atoms with Gasteiger partial charge in [0.2, 0.25) is 11.9 Å². The molecule has 2 aromatic carbocycles. The number of thiazole rings is 1. The minimum absolute atomic E-state index is 0.0918. The van der Waals surface area contributed by atoms with Crippen molar-refractivity contribution in [1.82, 2.24) is 20.3 Å². The smallest absolute Gasteiger partial charge is 0.223 e. The van der Waals surface area contributed by atoms with Crippen molar-refractivity contribution < 1.29 is 22.2 Å². The highest BCUT2D eigenvalue weighted by Gasteiger charge is 2.21. The van der Waals surface area contributed by atoms with E-state index in [-0.39, 0.29) is 17.5 Å². The van der Waals surface area contributed by atoms with Crippen LogP contribution >= 0.6 is 11.3 Å². The van der Waals surface area contributed by atoms with Gasteiger partial charge in [-0.05, 0) is 36.4 Å². The summed E-state index contributed by atoms with van der Waals surface area (Å²) in [6.07, 6.45) is 1.59. The van der Waals surface area contributed by atoms with E-state index in [1.54, 1.807) is 12.3 Å². The molecular formula is C26H25F3N6O2S2. The molecular weight excluding hydrogens is 549 g/mol. The third-order valence-corrected chi connectivity index (χ3v) is 7.90. The molecule has 8 nitrogen and oxygen atoms in total. The van der Waals surface area contributed by atoms with Crippen molar-refractivity contribution in [3.8, 4) is 21.8 Å². The molecule has 13 heteroatoms. The van der Waals surface area contributed by atoms with Crippen molar-refractivity contribution in [3.05, 3.63) is 71.1 Å². The molecule has 3 N–H and O–H groups in total. The van der Waals surface area contributed by atoms with Gasteiger partial charge in [0.1, 0.15) is 22.3 Å². The number of amides is 1. The first-order chi connectivity index (χ1) is 18.6. The van der Waals surface area contributed by atoms with Gasteiger partial charge in [0.15, 0.2) is 11.0 Å². The monoisotopic (exact) mass is 574 g/mol. The fourth-order valence-corrected chi connectivity index (χ4v) is 5.51. The maximum atomic E-state index is 14.7. The molecule has 1 amide bonds. The topological polar surface area (TPSA) is 109 Å². The molecule has 4 rings (SSSR count). The molecule has 0 aliphatic carbocycles. The predicted molar refractivity (Wildman–Crippen MR) is 146 cm³/mol. The summed E-state index contributed by atoms with van der Waals surface area (Å²) in [4.78, 5) is 24.6. The van der Waals surface area contributed by atoms with Crippen molar-refractivity contribution in [1.29, 1.82) is 0 Å². The van der Waals surface area contributed by atoms with Gasteiger partial charge in [-0.1, -0.05) is 19.9 Å². The highest BCUT2D eigenvalue weighted by molar-refractivity contribution is 7.86.